The fourth-order valence-corrected chi connectivity index (χ4v) is 1.93. The molecule has 2 heterocycles. The summed E-state index contributed by atoms with van der Waals surface area (Å²) in [5.74, 6) is -0.0945. The first kappa shape index (κ1) is 11.6. The molecular formula is C12H15N3O2. The lowest BCUT2D eigenvalue weighted by Crippen LogP contribution is -2.15. The molecule has 17 heavy (non-hydrogen) atoms. The number of fused-ring (bicyclic) bond motifs is 1. The summed E-state index contributed by atoms with van der Waals surface area (Å²) < 4.78 is 1.94. The number of nitrogens with zero attached hydrogens (tertiary/aromatic N) is 2. The normalized spacial score (nSPS) is 12.9. The molecule has 0 fully saturated rings. The summed E-state index contributed by atoms with van der Waals surface area (Å²) in [6.45, 7) is 3.87. The molecule has 0 aliphatic rings. The summed E-state index contributed by atoms with van der Waals surface area (Å²) in [5.41, 5.74) is 8.50. The van der Waals surface area contributed by atoms with Crippen molar-refractivity contribution in [3.05, 3.63) is 35.4 Å². The number of aliphatic carboxylic acids is 1. The Morgan fingerprint density at radius 3 is 2.88 bits per heavy atom. The number of imidazole rings is 1. The number of pyridine rings is 1. The van der Waals surface area contributed by atoms with E-state index in [1.165, 1.54) is 0 Å². The fourth-order valence-electron chi connectivity index (χ4n) is 1.93. The predicted octanol–water partition coefficient (Wildman–Crippen LogP) is 1.43. The van der Waals surface area contributed by atoms with Gasteiger partial charge in [0.05, 0.1) is 23.7 Å². The van der Waals surface area contributed by atoms with Gasteiger partial charge in [0.1, 0.15) is 5.82 Å². The van der Waals surface area contributed by atoms with Crippen LogP contribution in [0, 0.1) is 13.8 Å². The maximum Gasteiger partial charge on any atom is 0.305 e. The number of nitrogens with two attached hydrogens (primary N) is 1. The average Bonchev–Trinajstić information content (AvgIpc) is 2.55. The largest absolute Gasteiger partial charge is 0.481 e. The van der Waals surface area contributed by atoms with Gasteiger partial charge in [0.2, 0.25) is 0 Å². The zero-order valence-electron chi connectivity index (χ0n) is 9.84. The van der Waals surface area contributed by atoms with E-state index in [4.69, 9.17) is 10.8 Å². The zero-order valence-corrected chi connectivity index (χ0v) is 9.84. The van der Waals surface area contributed by atoms with Crippen LogP contribution in [0.15, 0.2) is 18.3 Å². The molecule has 0 aliphatic carbocycles. The molecule has 1 atom stereocenters. The van der Waals surface area contributed by atoms with E-state index in [0.717, 1.165) is 16.9 Å². The third kappa shape index (κ3) is 2.14. The molecule has 0 amide bonds. The smallest absolute Gasteiger partial charge is 0.305 e. The number of carbonyl (C=O) groups is 1. The molecule has 0 saturated carbocycles. The molecule has 3 N–H and O–H groups in total. The standard InChI is InChI=1S/C12H15N3O2/c1-7-3-4-10-12(9(13)5-11(16)17)14-8(2)15(10)6-7/h3-4,6,9H,5,13H2,1-2H3,(H,16,17). The maximum atomic E-state index is 10.7. The number of rotatable bonds is 3. The lowest BCUT2D eigenvalue weighted by Gasteiger charge is -2.06. The fraction of sp³-hybridized carbons (Fsp3) is 0.333. The average molecular weight is 233 g/mol. The first-order valence-corrected chi connectivity index (χ1v) is 5.41. The Hall–Kier alpha value is -1.88. The SMILES string of the molecule is Cc1ccc2c(C(N)CC(=O)O)nc(C)n2c1. The Kier molecular flexibility index (Phi) is 2.85. The summed E-state index contributed by atoms with van der Waals surface area (Å²) in [6, 6.07) is 3.32. The molecule has 1 unspecified atom stereocenters. The van der Waals surface area contributed by atoms with Crippen molar-refractivity contribution in [1.29, 1.82) is 0 Å². The quantitative estimate of drug-likeness (QED) is 0.840. The van der Waals surface area contributed by atoms with Crippen LogP contribution in [-0.4, -0.2) is 20.5 Å². The van der Waals surface area contributed by atoms with Crippen molar-refractivity contribution in [1.82, 2.24) is 9.38 Å². The van der Waals surface area contributed by atoms with Gasteiger partial charge in [-0.2, -0.15) is 0 Å². The van der Waals surface area contributed by atoms with Crippen molar-refractivity contribution < 1.29 is 9.90 Å². The first-order chi connectivity index (χ1) is 7.99. The van der Waals surface area contributed by atoms with Gasteiger partial charge in [0, 0.05) is 6.20 Å². The molecule has 0 saturated heterocycles. The number of aromatic nitrogens is 2. The number of aryl methyl sites for hydroxylation is 2. The molecule has 2 aromatic rings. The summed E-state index contributed by atoms with van der Waals surface area (Å²) >= 11 is 0. The second kappa shape index (κ2) is 4.18. The van der Waals surface area contributed by atoms with Crippen molar-refractivity contribution in [3.63, 3.8) is 0 Å². The van der Waals surface area contributed by atoms with Gasteiger partial charge in [-0.05, 0) is 25.5 Å². The highest BCUT2D eigenvalue weighted by Crippen LogP contribution is 2.21. The summed E-state index contributed by atoms with van der Waals surface area (Å²) in [7, 11) is 0. The van der Waals surface area contributed by atoms with Crippen molar-refractivity contribution in [2.75, 3.05) is 0 Å². The molecule has 5 nitrogen and oxygen atoms in total. The van der Waals surface area contributed by atoms with Gasteiger partial charge >= 0.3 is 5.97 Å². The molecule has 0 aromatic carbocycles. The van der Waals surface area contributed by atoms with Gasteiger partial charge in [-0.25, -0.2) is 4.98 Å². The Morgan fingerprint density at radius 1 is 1.53 bits per heavy atom. The highest BCUT2D eigenvalue weighted by Gasteiger charge is 2.17. The Labute approximate surface area is 98.9 Å². The predicted molar refractivity (Wildman–Crippen MR) is 63.8 cm³/mol. The van der Waals surface area contributed by atoms with Crippen LogP contribution in [0.2, 0.25) is 0 Å². The van der Waals surface area contributed by atoms with Crippen LogP contribution in [0.5, 0.6) is 0 Å². The molecule has 90 valence electrons. The molecule has 0 aliphatic heterocycles. The van der Waals surface area contributed by atoms with Crippen LogP contribution in [0.3, 0.4) is 0 Å². The van der Waals surface area contributed by atoms with E-state index in [-0.39, 0.29) is 6.42 Å². The Balaban J connectivity index is 2.51. The van der Waals surface area contributed by atoms with E-state index in [1.807, 2.05) is 36.6 Å². The van der Waals surface area contributed by atoms with E-state index < -0.39 is 12.0 Å². The maximum absolute atomic E-state index is 10.7. The van der Waals surface area contributed by atoms with Crippen LogP contribution in [0.1, 0.15) is 29.5 Å². The highest BCUT2D eigenvalue weighted by atomic mass is 16.4. The molecular weight excluding hydrogens is 218 g/mol. The molecule has 2 aromatic heterocycles. The Morgan fingerprint density at radius 2 is 2.24 bits per heavy atom. The minimum atomic E-state index is -0.914. The van der Waals surface area contributed by atoms with Crippen molar-refractivity contribution in [2.24, 2.45) is 5.73 Å². The van der Waals surface area contributed by atoms with Crippen LogP contribution in [0.4, 0.5) is 0 Å². The van der Waals surface area contributed by atoms with E-state index >= 15 is 0 Å². The zero-order chi connectivity index (χ0) is 12.6. The number of carboxylic acids is 1. The van der Waals surface area contributed by atoms with Crippen molar-refractivity contribution >= 4 is 11.5 Å². The molecule has 5 heteroatoms. The summed E-state index contributed by atoms with van der Waals surface area (Å²) in [6.07, 6.45) is 1.86. The van der Waals surface area contributed by atoms with Gasteiger partial charge < -0.3 is 15.2 Å². The van der Waals surface area contributed by atoms with Crippen molar-refractivity contribution in [3.8, 4) is 0 Å². The topological polar surface area (TPSA) is 80.6 Å². The van der Waals surface area contributed by atoms with E-state index in [1.54, 1.807) is 0 Å². The molecule has 2 rings (SSSR count). The van der Waals surface area contributed by atoms with Gasteiger partial charge in [0.25, 0.3) is 0 Å². The van der Waals surface area contributed by atoms with E-state index in [0.29, 0.717) is 5.69 Å². The van der Waals surface area contributed by atoms with E-state index in [9.17, 15) is 4.79 Å². The number of hydrogen-bond acceptors (Lipinski definition) is 3. The molecule has 0 radical (unpaired) electrons. The van der Waals surface area contributed by atoms with Gasteiger partial charge in [-0.15, -0.1) is 0 Å². The van der Waals surface area contributed by atoms with Crippen LogP contribution in [-0.2, 0) is 4.79 Å². The molecule has 0 spiro atoms. The second-order valence-corrected chi connectivity index (χ2v) is 4.21. The lowest BCUT2D eigenvalue weighted by atomic mass is 10.1. The second-order valence-electron chi connectivity index (χ2n) is 4.21. The number of hydrogen-bond donors (Lipinski definition) is 2. The lowest BCUT2D eigenvalue weighted by molar-refractivity contribution is -0.137. The van der Waals surface area contributed by atoms with Crippen molar-refractivity contribution in [2.45, 2.75) is 26.3 Å². The monoisotopic (exact) mass is 233 g/mol. The summed E-state index contributed by atoms with van der Waals surface area (Å²) in [4.78, 5) is 15.0. The van der Waals surface area contributed by atoms with Crippen LogP contribution < -0.4 is 5.73 Å². The third-order valence-corrected chi connectivity index (χ3v) is 2.74. The van der Waals surface area contributed by atoms with Gasteiger partial charge in [0.15, 0.2) is 0 Å². The van der Waals surface area contributed by atoms with E-state index in [2.05, 4.69) is 4.98 Å². The minimum Gasteiger partial charge on any atom is -0.481 e. The first-order valence-electron chi connectivity index (χ1n) is 5.41. The summed E-state index contributed by atoms with van der Waals surface area (Å²) in [5, 5.41) is 8.75. The highest BCUT2D eigenvalue weighted by molar-refractivity contribution is 5.69. The molecule has 0 bridgehead atoms. The van der Waals surface area contributed by atoms with Crippen LogP contribution in [0.25, 0.3) is 5.52 Å². The Bertz CT molecular complexity index is 574. The van der Waals surface area contributed by atoms with Gasteiger partial charge in [-0.1, -0.05) is 6.07 Å². The van der Waals surface area contributed by atoms with Gasteiger partial charge in [-0.3, -0.25) is 4.79 Å². The van der Waals surface area contributed by atoms with Crippen LogP contribution >= 0.6 is 0 Å². The number of carboxylic acid groups (broad SMARTS) is 1. The minimum absolute atomic E-state index is 0.111. The third-order valence-electron chi connectivity index (χ3n) is 2.74.